The van der Waals surface area contributed by atoms with E-state index in [1.54, 1.807) is 25.5 Å². The summed E-state index contributed by atoms with van der Waals surface area (Å²) in [5.74, 6) is 0.740. The molecule has 0 aliphatic carbocycles. The van der Waals surface area contributed by atoms with Crippen molar-refractivity contribution < 1.29 is 19.1 Å². The van der Waals surface area contributed by atoms with Crippen molar-refractivity contribution in [1.82, 2.24) is 10.7 Å². The van der Waals surface area contributed by atoms with Crippen LogP contribution in [0.3, 0.4) is 0 Å². The van der Waals surface area contributed by atoms with Crippen molar-refractivity contribution in [3.63, 3.8) is 0 Å². The number of methoxy groups -OCH3 is 1. The predicted molar refractivity (Wildman–Crippen MR) is 137 cm³/mol. The molecule has 0 spiro atoms. The van der Waals surface area contributed by atoms with Gasteiger partial charge in [0.05, 0.1) is 13.3 Å². The van der Waals surface area contributed by atoms with Gasteiger partial charge in [0.1, 0.15) is 24.1 Å². The van der Waals surface area contributed by atoms with Crippen molar-refractivity contribution >= 4 is 18.0 Å². The van der Waals surface area contributed by atoms with Crippen molar-refractivity contribution in [2.24, 2.45) is 11.0 Å². The van der Waals surface area contributed by atoms with Gasteiger partial charge < -0.3 is 14.8 Å². The number of rotatable bonds is 10. The maximum absolute atomic E-state index is 12.6. The Kier molecular flexibility index (Phi) is 9.01. The van der Waals surface area contributed by atoms with Gasteiger partial charge in [-0.25, -0.2) is 5.43 Å². The van der Waals surface area contributed by atoms with Crippen LogP contribution in [0.15, 0.2) is 77.9 Å². The van der Waals surface area contributed by atoms with E-state index >= 15 is 0 Å². The van der Waals surface area contributed by atoms with Crippen LogP contribution in [-0.4, -0.2) is 31.2 Å². The molecular formula is C28H31N3O4. The topological polar surface area (TPSA) is 89.0 Å². The molecule has 35 heavy (non-hydrogen) atoms. The number of hydrogen-bond donors (Lipinski definition) is 2. The number of hydrazone groups is 1. The third-order valence-corrected chi connectivity index (χ3v) is 5.38. The Morgan fingerprint density at radius 1 is 0.914 bits per heavy atom. The fraction of sp³-hybridized carbons (Fsp3) is 0.250. The van der Waals surface area contributed by atoms with Gasteiger partial charge >= 0.3 is 0 Å². The van der Waals surface area contributed by atoms with Gasteiger partial charge in [-0.1, -0.05) is 43.7 Å². The summed E-state index contributed by atoms with van der Waals surface area (Å²) >= 11 is 0. The molecular weight excluding hydrogens is 442 g/mol. The minimum atomic E-state index is -0.713. The summed E-state index contributed by atoms with van der Waals surface area (Å²) in [5, 5.41) is 6.84. The number of nitrogens with one attached hydrogen (secondary N) is 2. The smallest absolute Gasteiger partial charge is 0.262 e. The number of carbonyl (C=O) groups excluding carboxylic acids is 2. The second-order valence-corrected chi connectivity index (χ2v) is 8.50. The van der Waals surface area contributed by atoms with Crippen molar-refractivity contribution in [2.45, 2.75) is 33.4 Å². The van der Waals surface area contributed by atoms with Gasteiger partial charge in [-0.05, 0) is 72.5 Å². The lowest BCUT2D eigenvalue weighted by atomic mass is 10.0. The lowest BCUT2D eigenvalue weighted by molar-refractivity contribution is -0.123. The van der Waals surface area contributed by atoms with Crippen LogP contribution >= 0.6 is 0 Å². The molecule has 0 fully saturated rings. The van der Waals surface area contributed by atoms with Gasteiger partial charge in [0.25, 0.3) is 11.8 Å². The first-order valence-corrected chi connectivity index (χ1v) is 11.4. The highest BCUT2D eigenvalue weighted by Crippen LogP contribution is 2.16. The molecule has 3 aromatic rings. The quantitative estimate of drug-likeness (QED) is 0.335. The first kappa shape index (κ1) is 25.5. The van der Waals surface area contributed by atoms with Crippen molar-refractivity contribution in [3.8, 4) is 11.5 Å². The first-order valence-electron chi connectivity index (χ1n) is 11.4. The Morgan fingerprint density at radius 2 is 1.54 bits per heavy atom. The van der Waals surface area contributed by atoms with Crippen LogP contribution in [0.4, 0.5) is 0 Å². The average Bonchev–Trinajstić information content (AvgIpc) is 2.87. The van der Waals surface area contributed by atoms with Gasteiger partial charge in [0.2, 0.25) is 0 Å². The molecule has 3 rings (SSSR count). The van der Waals surface area contributed by atoms with E-state index in [1.807, 2.05) is 81.4 Å². The third kappa shape index (κ3) is 7.71. The van der Waals surface area contributed by atoms with Gasteiger partial charge in [0, 0.05) is 5.56 Å². The maximum atomic E-state index is 12.6. The molecule has 3 aromatic carbocycles. The third-order valence-electron chi connectivity index (χ3n) is 5.38. The van der Waals surface area contributed by atoms with E-state index in [0.717, 1.165) is 28.2 Å². The lowest BCUT2D eigenvalue weighted by Gasteiger charge is -2.20. The molecule has 0 radical (unpaired) electrons. The van der Waals surface area contributed by atoms with Crippen molar-refractivity contribution in [1.29, 1.82) is 0 Å². The molecule has 0 bridgehead atoms. The number of nitrogens with zero attached hydrogens (tertiary/aromatic N) is 1. The molecule has 1 atom stereocenters. The van der Waals surface area contributed by atoms with E-state index in [4.69, 9.17) is 9.47 Å². The number of hydrogen-bond acceptors (Lipinski definition) is 5. The van der Waals surface area contributed by atoms with Gasteiger partial charge in [-0.2, -0.15) is 5.10 Å². The number of benzene rings is 3. The standard InChI is InChI=1S/C28H31N3O4/c1-19(2)26(30-27(32)23-11-5-20(3)6-12-23)28(33)31-29-17-21-7-15-25(16-8-21)35-18-22-9-13-24(34-4)14-10-22/h5-17,19,26H,18H2,1-4H3,(H,30,32)(H,31,33)/b29-17-. The van der Waals surface area contributed by atoms with Gasteiger partial charge in [-0.15, -0.1) is 0 Å². The average molecular weight is 474 g/mol. The van der Waals surface area contributed by atoms with Crippen LogP contribution in [0, 0.1) is 12.8 Å². The largest absolute Gasteiger partial charge is 0.497 e. The van der Waals surface area contributed by atoms with E-state index in [-0.39, 0.29) is 17.7 Å². The second kappa shape index (κ2) is 12.4. The molecule has 0 aliphatic heterocycles. The van der Waals surface area contributed by atoms with Crippen LogP contribution in [0.25, 0.3) is 0 Å². The Hall–Kier alpha value is -4.13. The minimum Gasteiger partial charge on any atom is -0.497 e. The molecule has 0 heterocycles. The van der Waals surface area contributed by atoms with E-state index in [9.17, 15) is 9.59 Å². The predicted octanol–water partition coefficient (Wildman–Crippen LogP) is 4.49. The number of aryl methyl sites for hydroxylation is 1. The highest BCUT2D eigenvalue weighted by molar-refractivity contribution is 5.97. The Balaban J connectivity index is 1.51. The zero-order valence-corrected chi connectivity index (χ0v) is 20.4. The molecule has 0 saturated carbocycles. The minimum absolute atomic E-state index is 0.110. The summed E-state index contributed by atoms with van der Waals surface area (Å²) in [4.78, 5) is 25.2. The summed E-state index contributed by atoms with van der Waals surface area (Å²) in [6.07, 6.45) is 1.55. The fourth-order valence-corrected chi connectivity index (χ4v) is 3.24. The second-order valence-electron chi connectivity index (χ2n) is 8.50. The van der Waals surface area contributed by atoms with E-state index in [2.05, 4.69) is 15.8 Å². The van der Waals surface area contributed by atoms with Crippen LogP contribution in [0.1, 0.15) is 40.9 Å². The Labute approximate surface area is 206 Å². The van der Waals surface area contributed by atoms with E-state index < -0.39 is 6.04 Å². The lowest BCUT2D eigenvalue weighted by Crippen LogP contribution is -2.48. The van der Waals surface area contributed by atoms with Crippen LogP contribution < -0.4 is 20.2 Å². The fourth-order valence-electron chi connectivity index (χ4n) is 3.24. The molecule has 2 N–H and O–H groups in total. The maximum Gasteiger partial charge on any atom is 0.262 e. The molecule has 7 nitrogen and oxygen atoms in total. The highest BCUT2D eigenvalue weighted by Gasteiger charge is 2.24. The number of amides is 2. The number of ether oxygens (including phenoxy) is 2. The summed E-state index contributed by atoms with van der Waals surface area (Å²) in [7, 11) is 1.63. The molecule has 0 aliphatic rings. The highest BCUT2D eigenvalue weighted by atomic mass is 16.5. The monoisotopic (exact) mass is 473 g/mol. The normalized spacial score (nSPS) is 11.8. The van der Waals surface area contributed by atoms with E-state index in [0.29, 0.717) is 12.2 Å². The number of carbonyl (C=O) groups is 2. The summed E-state index contributed by atoms with van der Waals surface area (Å²) in [6, 6.07) is 21.5. The Morgan fingerprint density at radius 3 is 2.14 bits per heavy atom. The van der Waals surface area contributed by atoms with Gasteiger partial charge in [-0.3, -0.25) is 9.59 Å². The first-order chi connectivity index (χ1) is 16.9. The Bertz CT molecular complexity index is 1140. The van der Waals surface area contributed by atoms with Crippen molar-refractivity contribution in [3.05, 3.63) is 95.1 Å². The van der Waals surface area contributed by atoms with Crippen LogP contribution in [0.2, 0.25) is 0 Å². The summed E-state index contributed by atoms with van der Waals surface area (Å²) < 4.78 is 11.0. The molecule has 7 heteroatoms. The van der Waals surface area contributed by atoms with Crippen LogP contribution in [0.5, 0.6) is 11.5 Å². The zero-order chi connectivity index (χ0) is 25.2. The summed E-state index contributed by atoms with van der Waals surface area (Å²) in [5.41, 5.74) is 5.92. The molecule has 182 valence electrons. The van der Waals surface area contributed by atoms with Gasteiger partial charge in [0.15, 0.2) is 0 Å². The zero-order valence-electron chi connectivity index (χ0n) is 20.4. The SMILES string of the molecule is COc1ccc(COc2ccc(/C=N\NC(=O)C(NC(=O)c3ccc(C)cc3)C(C)C)cc2)cc1. The molecule has 2 amide bonds. The van der Waals surface area contributed by atoms with Crippen molar-refractivity contribution in [2.75, 3.05) is 7.11 Å². The molecule has 1 unspecified atom stereocenters. The molecule has 0 aromatic heterocycles. The van der Waals surface area contributed by atoms with E-state index in [1.165, 1.54) is 0 Å². The summed E-state index contributed by atoms with van der Waals surface area (Å²) in [6.45, 7) is 6.13. The molecule has 0 saturated heterocycles. The van der Waals surface area contributed by atoms with Crippen LogP contribution in [-0.2, 0) is 11.4 Å².